The number of aliphatic hydroxyl groups is 1. The Kier molecular flexibility index (Phi) is 5.22. The molecule has 0 aliphatic carbocycles. The second-order valence-corrected chi connectivity index (χ2v) is 7.11. The molecule has 0 saturated carbocycles. The molecule has 1 N–H and O–H groups in total. The number of aryl methyl sites for hydroxylation is 1. The Morgan fingerprint density at radius 2 is 2.00 bits per heavy atom. The molecule has 3 heterocycles. The average Bonchev–Trinajstić information content (AvgIpc) is 3.47. The Bertz CT molecular complexity index is 1040. The zero-order chi connectivity index (χ0) is 20.4. The van der Waals surface area contributed by atoms with Gasteiger partial charge in [-0.3, -0.25) is 9.59 Å². The number of furan rings is 1. The number of amides is 1. The number of halogens is 1. The summed E-state index contributed by atoms with van der Waals surface area (Å²) in [5.74, 6) is -1.57. The molecule has 0 unspecified atom stereocenters. The van der Waals surface area contributed by atoms with E-state index in [1.54, 1.807) is 42.9 Å². The van der Waals surface area contributed by atoms with Gasteiger partial charge < -0.3 is 19.0 Å². The van der Waals surface area contributed by atoms with Gasteiger partial charge in [0.05, 0.1) is 24.2 Å². The van der Waals surface area contributed by atoms with Crippen molar-refractivity contribution in [1.29, 1.82) is 0 Å². The van der Waals surface area contributed by atoms with E-state index in [-0.39, 0.29) is 11.3 Å². The minimum absolute atomic E-state index is 0.00917. The van der Waals surface area contributed by atoms with Gasteiger partial charge in [0.2, 0.25) is 5.78 Å². The molecule has 4 rings (SSSR count). The van der Waals surface area contributed by atoms with Crippen molar-refractivity contribution in [2.24, 2.45) is 0 Å². The lowest BCUT2D eigenvalue weighted by molar-refractivity contribution is -0.129. The third-order valence-corrected chi connectivity index (χ3v) is 5.11. The third-order valence-electron chi connectivity index (χ3n) is 4.85. The molecule has 0 bridgehead atoms. The van der Waals surface area contributed by atoms with Crippen LogP contribution in [0.25, 0.3) is 0 Å². The van der Waals surface area contributed by atoms with Crippen molar-refractivity contribution in [3.8, 4) is 0 Å². The van der Waals surface area contributed by atoms with Crippen LogP contribution >= 0.6 is 11.6 Å². The van der Waals surface area contributed by atoms with Crippen molar-refractivity contribution < 1.29 is 19.1 Å². The van der Waals surface area contributed by atoms with Crippen molar-refractivity contribution in [1.82, 2.24) is 14.5 Å². The predicted molar refractivity (Wildman–Crippen MR) is 105 cm³/mol. The second kappa shape index (κ2) is 7.97. The van der Waals surface area contributed by atoms with E-state index >= 15 is 0 Å². The van der Waals surface area contributed by atoms with E-state index in [1.807, 2.05) is 10.8 Å². The number of nitrogens with zero attached hydrogens (tertiary/aromatic N) is 3. The summed E-state index contributed by atoms with van der Waals surface area (Å²) in [5, 5.41) is 11.1. The number of hydrogen-bond donors (Lipinski definition) is 1. The number of rotatable bonds is 7. The number of Topliss-reactive ketones (excluding diaryl/α,β-unsaturated/α-hetero) is 1. The van der Waals surface area contributed by atoms with Gasteiger partial charge in [-0.15, -0.1) is 0 Å². The normalized spacial score (nSPS) is 16.7. The lowest BCUT2D eigenvalue weighted by Gasteiger charge is -2.26. The van der Waals surface area contributed by atoms with E-state index < -0.39 is 23.5 Å². The van der Waals surface area contributed by atoms with Gasteiger partial charge in [-0.25, -0.2) is 4.98 Å². The highest BCUT2D eigenvalue weighted by atomic mass is 35.5. The van der Waals surface area contributed by atoms with Crippen LogP contribution in [0.1, 0.15) is 28.6 Å². The maximum atomic E-state index is 13.0. The molecule has 0 spiro atoms. The Hall–Kier alpha value is -3.32. The fraction of sp³-hybridized carbons (Fsp3) is 0.190. The molecule has 1 aliphatic rings. The smallest absolute Gasteiger partial charge is 0.290 e. The van der Waals surface area contributed by atoms with Gasteiger partial charge in [-0.05, 0) is 36.2 Å². The largest absolute Gasteiger partial charge is 0.503 e. The van der Waals surface area contributed by atoms with E-state index in [4.69, 9.17) is 16.0 Å². The van der Waals surface area contributed by atoms with Crippen LogP contribution in [0.5, 0.6) is 0 Å². The van der Waals surface area contributed by atoms with Crippen LogP contribution < -0.4 is 0 Å². The Labute approximate surface area is 171 Å². The van der Waals surface area contributed by atoms with Gasteiger partial charge in [-0.1, -0.05) is 23.7 Å². The lowest BCUT2D eigenvalue weighted by Crippen LogP contribution is -2.32. The molecule has 8 heteroatoms. The molecule has 2 aromatic heterocycles. The van der Waals surface area contributed by atoms with E-state index in [2.05, 4.69) is 4.98 Å². The Morgan fingerprint density at radius 3 is 2.66 bits per heavy atom. The standard InChI is InChI=1S/C21H18ClN3O4/c22-15-6-4-14(5-7-15)18-17(19(26)16-3-1-12-29-16)20(27)21(28)25(18)10-2-9-24-11-8-23-13-24/h1,3-8,11-13,18,27H,2,9-10H2/t18-/m1/s1. The molecule has 148 valence electrons. The average molecular weight is 412 g/mol. The number of aliphatic hydroxyl groups excluding tert-OH is 1. The molecule has 0 saturated heterocycles. The van der Waals surface area contributed by atoms with Crippen LogP contribution in [-0.2, 0) is 11.3 Å². The zero-order valence-electron chi connectivity index (χ0n) is 15.4. The minimum Gasteiger partial charge on any atom is -0.503 e. The van der Waals surface area contributed by atoms with E-state index in [1.165, 1.54) is 17.2 Å². The first kappa shape index (κ1) is 19.0. The molecular weight excluding hydrogens is 394 g/mol. The highest BCUT2D eigenvalue weighted by Gasteiger charge is 2.44. The summed E-state index contributed by atoms with van der Waals surface area (Å²) in [6, 6.07) is 9.24. The fourth-order valence-corrected chi connectivity index (χ4v) is 3.62. The Morgan fingerprint density at radius 1 is 1.21 bits per heavy atom. The van der Waals surface area contributed by atoms with Crippen LogP contribution in [0.2, 0.25) is 5.02 Å². The maximum absolute atomic E-state index is 13.0. The van der Waals surface area contributed by atoms with Crippen LogP contribution in [0, 0.1) is 0 Å². The summed E-state index contributed by atoms with van der Waals surface area (Å²) in [6.07, 6.45) is 7.22. The number of aromatic nitrogens is 2. The zero-order valence-corrected chi connectivity index (χ0v) is 16.1. The molecule has 1 amide bonds. The van der Waals surface area contributed by atoms with Crippen molar-refractivity contribution in [3.63, 3.8) is 0 Å². The Balaban J connectivity index is 1.66. The van der Waals surface area contributed by atoms with Crippen LogP contribution in [0.3, 0.4) is 0 Å². The number of imidazole rings is 1. The van der Waals surface area contributed by atoms with Gasteiger partial charge >= 0.3 is 0 Å². The summed E-state index contributed by atoms with van der Waals surface area (Å²) in [5.41, 5.74) is 0.694. The molecule has 7 nitrogen and oxygen atoms in total. The number of hydrogen-bond acceptors (Lipinski definition) is 5. The summed E-state index contributed by atoms with van der Waals surface area (Å²) >= 11 is 6.00. The van der Waals surface area contributed by atoms with Crippen LogP contribution in [0.4, 0.5) is 0 Å². The maximum Gasteiger partial charge on any atom is 0.290 e. The molecule has 1 atom stereocenters. The summed E-state index contributed by atoms with van der Waals surface area (Å²) in [4.78, 5) is 31.3. The van der Waals surface area contributed by atoms with Gasteiger partial charge in [0.15, 0.2) is 11.5 Å². The minimum atomic E-state index is -0.722. The number of carbonyl (C=O) groups excluding carboxylic acids is 2. The van der Waals surface area contributed by atoms with Crippen molar-refractivity contribution in [2.75, 3.05) is 6.54 Å². The molecule has 1 aromatic carbocycles. The second-order valence-electron chi connectivity index (χ2n) is 6.68. The number of carbonyl (C=O) groups is 2. The first-order valence-electron chi connectivity index (χ1n) is 9.10. The SMILES string of the molecule is O=C(C1=C(O)C(=O)N(CCCn2ccnc2)[C@@H]1c1ccc(Cl)cc1)c1ccco1. The molecule has 3 aromatic rings. The molecule has 0 radical (unpaired) electrons. The van der Waals surface area contributed by atoms with Crippen LogP contribution in [0.15, 0.2) is 77.1 Å². The van der Waals surface area contributed by atoms with E-state index in [0.29, 0.717) is 30.1 Å². The van der Waals surface area contributed by atoms with E-state index in [9.17, 15) is 14.7 Å². The monoisotopic (exact) mass is 411 g/mol. The van der Waals surface area contributed by atoms with Crippen molar-refractivity contribution >= 4 is 23.3 Å². The lowest BCUT2D eigenvalue weighted by atomic mass is 9.95. The summed E-state index contributed by atoms with van der Waals surface area (Å²) in [7, 11) is 0. The molecule has 1 aliphatic heterocycles. The predicted octanol–water partition coefficient (Wildman–Crippen LogP) is 3.80. The number of ketones is 1. The van der Waals surface area contributed by atoms with Gasteiger partial charge in [0.25, 0.3) is 5.91 Å². The van der Waals surface area contributed by atoms with Gasteiger partial charge in [0, 0.05) is 30.5 Å². The highest BCUT2D eigenvalue weighted by Crippen LogP contribution is 2.39. The third kappa shape index (κ3) is 3.69. The topological polar surface area (TPSA) is 88.6 Å². The van der Waals surface area contributed by atoms with Crippen molar-refractivity contribution in [2.45, 2.75) is 19.0 Å². The van der Waals surface area contributed by atoms with E-state index in [0.717, 1.165) is 0 Å². The molecular formula is C21H18ClN3O4. The summed E-state index contributed by atoms with van der Waals surface area (Å²) < 4.78 is 7.11. The van der Waals surface area contributed by atoms with Gasteiger partial charge in [0.1, 0.15) is 0 Å². The highest BCUT2D eigenvalue weighted by molar-refractivity contribution is 6.30. The van der Waals surface area contributed by atoms with Gasteiger partial charge in [-0.2, -0.15) is 0 Å². The fourth-order valence-electron chi connectivity index (χ4n) is 3.49. The molecule has 0 fully saturated rings. The summed E-state index contributed by atoms with van der Waals surface area (Å²) in [6.45, 7) is 1.00. The quantitative estimate of drug-likeness (QED) is 0.597. The molecule has 29 heavy (non-hydrogen) atoms. The van der Waals surface area contributed by atoms with Crippen molar-refractivity contribution in [3.05, 3.63) is 89.1 Å². The number of benzene rings is 1. The first-order chi connectivity index (χ1) is 14.1. The van der Waals surface area contributed by atoms with Crippen LogP contribution in [-0.4, -0.2) is 37.8 Å². The first-order valence-corrected chi connectivity index (χ1v) is 9.47.